The Morgan fingerprint density at radius 2 is 1.50 bits per heavy atom. The van der Waals surface area contributed by atoms with Crippen LogP contribution in [0.15, 0.2) is 96.2 Å². The molecule has 1 aliphatic heterocycles. The highest BCUT2D eigenvalue weighted by Crippen LogP contribution is 2.43. The topological polar surface area (TPSA) is 46.6 Å². The van der Waals surface area contributed by atoms with Gasteiger partial charge in [0.1, 0.15) is 12.4 Å². The summed E-state index contributed by atoms with van der Waals surface area (Å²) in [4.78, 5) is 28.0. The van der Waals surface area contributed by atoms with Crippen LogP contribution in [-0.4, -0.2) is 11.7 Å². The number of benzene rings is 3. The van der Waals surface area contributed by atoms with E-state index in [9.17, 15) is 9.59 Å². The Bertz CT molecular complexity index is 1150. The van der Waals surface area contributed by atoms with Crippen molar-refractivity contribution in [3.63, 3.8) is 0 Å². The number of ether oxygens (including phenoxy) is 1. The third kappa shape index (κ3) is 3.96. The first-order valence-electron chi connectivity index (χ1n) is 11.1. The minimum atomic E-state index is -0.201. The summed E-state index contributed by atoms with van der Waals surface area (Å²) in [6.45, 7) is 0.502. The molecule has 3 aromatic carbocycles. The number of para-hydroxylation sites is 1. The average Bonchev–Trinajstić information content (AvgIpc) is 2.84. The van der Waals surface area contributed by atoms with Crippen LogP contribution in [0.2, 0.25) is 0 Å². The molecule has 160 valence electrons. The highest BCUT2D eigenvalue weighted by atomic mass is 16.5. The van der Waals surface area contributed by atoms with Crippen molar-refractivity contribution in [3.05, 3.63) is 107 Å². The van der Waals surface area contributed by atoms with Crippen LogP contribution in [0.3, 0.4) is 0 Å². The van der Waals surface area contributed by atoms with E-state index in [4.69, 9.17) is 4.74 Å². The zero-order valence-corrected chi connectivity index (χ0v) is 17.9. The fourth-order valence-electron chi connectivity index (χ4n) is 4.69. The largest absolute Gasteiger partial charge is 0.489 e. The first kappa shape index (κ1) is 20.3. The van der Waals surface area contributed by atoms with Gasteiger partial charge in [-0.2, -0.15) is 0 Å². The molecule has 1 heterocycles. The number of amides is 1. The lowest BCUT2D eigenvalue weighted by Crippen LogP contribution is -2.40. The monoisotopic (exact) mass is 423 g/mol. The molecule has 0 saturated carbocycles. The van der Waals surface area contributed by atoms with Crippen molar-refractivity contribution in [3.8, 4) is 5.75 Å². The first-order valence-corrected chi connectivity index (χ1v) is 11.1. The van der Waals surface area contributed by atoms with Crippen LogP contribution in [0.5, 0.6) is 5.75 Å². The van der Waals surface area contributed by atoms with E-state index in [1.54, 1.807) is 4.90 Å². The second-order valence-electron chi connectivity index (χ2n) is 8.30. The number of carbonyl (C=O) groups excluding carboxylic acids is 2. The molecule has 1 atom stereocenters. The number of carbonyl (C=O) groups is 2. The van der Waals surface area contributed by atoms with Crippen molar-refractivity contribution in [2.24, 2.45) is 0 Å². The second-order valence-corrected chi connectivity index (χ2v) is 8.30. The van der Waals surface area contributed by atoms with E-state index < -0.39 is 0 Å². The van der Waals surface area contributed by atoms with Gasteiger partial charge in [0.25, 0.3) is 0 Å². The maximum Gasteiger partial charge on any atom is 0.232 e. The van der Waals surface area contributed by atoms with E-state index in [1.165, 1.54) is 0 Å². The van der Waals surface area contributed by atoms with Gasteiger partial charge in [0.05, 0.1) is 0 Å². The Labute approximate surface area is 188 Å². The van der Waals surface area contributed by atoms with Gasteiger partial charge in [-0.3, -0.25) is 14.5 Å². The van der Waals surface area contributed by atoms with Crippen LogP contribution >= 0.6 is 0 Å². The molecule has 32 heavy (non-hydrogen) atoms. The molecule has 1 aliphatic carbocycles. The van der Waals surface area contributed by atoms with E-state index in [0.29, 0.717) is 19.4 Å². The SMILES string of the molecule is O=C1CCCC2=C1C(c1ccc(OCc3ccccc3)cc1)CC(=O)N2c1ccccc1. The standard InChI is InChI=1S/C28H25NO3/c30-26-13-7-12-25-28(26)24(18-27(31)29(25)22-10-5-2-6-11-22)21-14-16-23(17-15-21)32-19-20-8-3-1-4-9-20/h1-6,8-11,14-17,24H,7,12-13,18-19H2. The molecule has 3 aromatic rings. The summed E-state index contributed by atoms with van der Waals surface area (Å²) in [6, 6.07) is 27.5. The highest BCUT2D eigenvalue weighted by Gasteiger charge is 2.39. The molecular weight excluding hydrogens is 398 g/mol. The molecule has 0 fully saturated rings. The third-order valence-electron chi connectivity index (χ3n) is 6.22. The number of ketones is 1. The summed E-state index contributed by atoms with van der Waals surface area (Å²) in [6.07, 6.45) is 2.37. The van der Waals surface area contributed by atoms with Crippen LogP contribution in [0, 0.1) is 0 Å². The summed E-state index contributed by atoms with van der Waals surface area (Å²) >= 11 is 0. The second kappa shape index (κ2) is 8.83. The molecule has 0 bridgehead atoms. The van der Waals surface area contributed by atoms with Gasteiger partial charge in [0.2, 0.25) is 5.91 Å². The predicted octanol–water partition coefficient (Wildman–Crippen LogP) is 5.79. The molecule has 1 amide bonds. The number of nitrogens with zero attached hydrogens (tertiary/aromatic N) is 1. The molecule has 0 radical (unpaired) electrons. The number of allylic oxidation sites excluding steroid dienone is 2. The molecule has 4 heteroatoms. The van der Waals surface area contributed by atoms with Crippen molar-refractivity contribution in [2.75, 3.05) is 4.90 Å². The Morgan fingerprint density at radius 1 is 0.812 bits per heavy atom. The van der Waals surface area contributed by atoms with Crippen LogP contribution in [0.25, 0.3) is 0 Å². The quantitative estimate of drug-likeness (QED) is 0.522. The third-order valence-corrected chi connectivity index (χ3v) is 6.22. The van der Waals surface area contributed by atoms with Crippen LogP contribution < -0.4 is 9.64 Å². The Kier molecular flexibility index (Phi) is 5.59. The summed E-state index contributed by atoms with van der Waals surface area (Å²) in [5.41, 5.74) is 4.61. The molecule has 0 spiro atoms. The maximum atomic E-state index is 13.2. The molecule has 2 aliphatic rings. The van der Waals surface area contributed by atoms with Crippen molar-refractivity contribution < 1.29 is 14.3 Å². The lowest BCUT2D eigenvalue weighted by atomic mass is 9.77. The molecule has 4 nitrogen and oxygen atoms in total. The minimum absolute atomic E-state index is 0.0408. The summed E-state index contributed by atoms with van der Waals surface area (Å²) in [7, 11) is 0. The summed E-state index contributed by atoms with van der Waals surface area (Å²) in [5, 5.41) is 0. The number of hydrogen-bond acceptors (Lipinski definition) is 3. The van der Waals surface area contributed by atoms with Gasteiger partial charge in [-0.25, -0.2) is 0 Å². The van der Waals surface area contributed by atoms with Gasteiger partial charge in [-0.1, -0.05) is 60.7 Å². The van der Waals surface area contributed by atoms with Gasteiger partial charge in [-0.15, -0.1) is 0 Å². The summed E-state index contributed by atoms with van der Waals surface area (Å²) < 4.78 is 5.90. The van der Waals surface area contributed by atoms with E-state index in [0.717, 1.165) is 46.7 Å². The fraction of sp³-hybridized carbons (Fsp3) is 0.214. The molecule has 0 saturated heterocycles. The van der Waals surface area contributed by atoms with Gasteiger partial charge in [0, 0.05) is 35.7 Å². The number of rotatable bonds is 5. The number of Topliss-reactive ketones (excluding diaryl/α,β-unsaturated/α-hetero) is 1. The molecule has 1 unspecified atom stereocenters. The molecule has 0 N–H and O–H groups in total. The Hall–Kier alpha value is -3.66. The van der Waals surface area contributed by atoms with Crippen molar-refractivity contribution in [1.29, 1.82) is 0 Å². The van der Waals surface area contributed by atoms with Crippen LogP contribution in [0.1, 0.15) is 42.7 Å². The van der Waals surface area contributed by atoms with Crippen molar-refractivity contribution in [1.82, 2.24) is 0 Å². The van der Waals surface area contributed by atoms with E-state index >= 15 is 0 Å². The minimum Gasteiger partial charge on any atom is -0.489 e. The van der Waals surface area contributed by atoms with E-state index in [2.05, 4.69) is 0 Å². The number of anilines is 1. The van der Waals surface area contributed by atoms with Gasteiger partial charge in [-0.05, 0) is 48.2 Å². The van der Waals surface area contributed by atoms with E-state index in [1.807, 2.05) is 84.9 Å². The predicted molar refractivity (Wildman–Crippen MR) is 124 cm³/mol. The fourth-order valence-corrected chi connectivity index (χ4v) is 4.69. The van der Waals surface area contributed by atoms with Gasteiger partial charge < -0.3 is 4.74 Å². The maximum absolute atomic E-state index is 13.2. The number of hydrogen-bond donors (Lipinski definition) is 0. The lowest BCUT2D eigenvalue weighted by molar-refractivity contribution is -0.119. The van der Waals surface area contributed by atoms with Crippen LogP contribution in [-0.2, 0) is 16.2 Å². The zero-order chi connectivity index (χ0) is 21.9. The first-order chi connectivity index (χ1) is 15.7. The normalized spacial score (nSPS) is 18.5. The molecule has 5 rings (SSSR count). The van der Waals surface area contributed by atoms with Crippen LogP contribution in [0.4, 0.5) is 5.69 Å². The van der Waals surface area contributed by atoms with Gasteiger partial charge in [0.15, 0.2) is 5.78 Å². The zero-order valence-electron chi connectivity index (χ0n) is 17.9. The van der Waals surface area contributed by atoms with Gasteiger partial charge >= 0.3 is 0 Å². The highest BCUT2D eigenvalue weighted by molar-refractivity contribution is 6.07. The Balaban J connectivity index is 1.43. The summed E-state index contributed by atoms with van der Waals surface area (Å²) in [5.74, 6) is 0.774. The van der Waals surface area contributed by atoms with Crippen molar-refractivity contribution in [2.45, 2.75) is 38.2 Å². The van der Waals surface area contributed by atoms with Crippen molar-refractivity contribution >= 4 is 17.4 Å². The lowest BCUT2D eigenvalue weighted by Gasteiger charge is -2.38. The molecule has 0 aromatic heterocycles. The smallest absolute Gasteiger partial charge is 0.232 e. The molecular formula is C28H25NO3. The average molecular weight is 424 g/mol. The van der Waals surface area contributed by atoms with E-state index in [-0.39, 0.29) is 17.6 Å². The Morgan fingerprint density at radius 3 is 2.22 bits per heavy atom.